The highest BCUT2D eigenvalue weighted by molar-refractivity contribution is 5.69. The van der Waals surface area contributed by atoms with Gasteiger partial charge >= 0.3 is 6.36 Å². The van der Waals surface area contributed by atoms with Gasteiger partial charge in [-0.25, -0.2) is 0 Å². The molecule has 0 aliphatic heterocycles. The zero-order valence-corrected chi connectivity index (χ0v) is 10.2. The van der Waals surface area contributed by atoms with Crippen molar-refractivity contribution in [3.8, 4) is 17.0 Å². The fourth-order valence-corrected chi connectivity index (χ4v) is 1.68. The van der Waals surface area contributed by atoms with E-state index in [0.717, 1.165) is 0 Å². The summed E-state index contributed by atoms with van der Waals surface area (Å²) in [6.07, 6.45) is -3.50. The number of aliphatic hydroxyl groups excluding tert-OH is 1. The van der Waals surface area contributed by atoms with Gasteiger partial charge in [0.15, 0.2) is 0 Å². The van der Waals surface area contributed by atoms with Crippen molar-refractivity contribution < 1.29 is 23.0 Å². The van der Waals surface area contributed by atoms with Gasteiger partial charge in [-0.1, -0.05) is 12.1 Å². The van der Waals surface area contributed by atoms with Crippen LogP contribution in [0.5, 0.6) is 5.75 Å². The van der Waals surface area contributed by atoms with Crippen LogP contribution in [-0.4, -0.2) is 16.5 Å². The van der Waals surface area contributed by atoms with Gasteiger partial charge in [0.1, 0.15) is 5.75 Å². The van der Waals surface area contributed by atoms with Crippen LogP contribution in [0.4, 0.5) is 18.9 Å². The highest BCUT2D eigenvalue weighted by Crippen LogP contribution is 2.33. The molecule has 0 unspecified atom stereocenters. The van der Waals surface area contributed by atoms with E-state index in [1.807, 2.05) is 0 Å². The number of aromatic nitrogens is 1. The highest BCUT2D eigenvalue weighted by atomic mass is 19.4. The molecule has 1 aromatic heterocycles. The van der Waals surface area contributed by atoms with E-state index >= 15 is 0 Å². The first-order chi connectivity index (χ1) is 9.40. The Kier molecular flexibility index (Phi) is 3.80. The average Bonchev–Trinajstić information content (AvgIpc) is 2.38. The Morgan fingerprint density at radius 2 is 1.95 bits per heavy atom. The molecule has 3 N–H and O–H groups in total. The van der Waals surface area contributed by atoms with Gasteiger partial charge in [-0.3, -0.25) is 4.98 Å². The molecule has 0 atom stereocenters. The van der Waals surface area contributed by atoms with E-state index in [4.69, 9.17) is 10.8 Å². The lowest BCUT2D eigenvalue weighted by Crippen LogP contribution is -2.17. The summed E-state index contributed by atoms with van der Waals surface area (Å²) in [6, 6.07) is 7.05. The summed E-state index contributed by atoms with van der Waals surface area (Å²) in [5.41, 5.74) is 6.64. The molecule has 2 rings (SSSR count). The molecule has 0 saturated carbocycles. The zero-order valence-electron chi connectivity index (χ0n) is 10.2. The smallest absolute Gasteiger partial charge is 0.405 e. The molecule has 1 heterocycles. The average molecular weight is 284 g/mol. The molecule has 0 aliphatic carbocycles. The van der Waals surface area contributed by atoms with Gasteiger partial charge in [-0.2, -0.15) is 0 Å². The van der Waals surface area contributed by atoms with Crippen molar-refractivity contribution in [2.45, 2.75) is 13.0 Å². The van der Waals surface area contributed by atoms with Crippen LogP contribution in [0.25, 0.3) is 11.3 Å². The van der Waals surface area contributed by atoms with Crippen molar-refractivity contribution in [1.29, 1.82) is 0 Å². The minimum Gasteiger partial charge on any atom is -0.405 e. The number of benzene rings is 1. The predicted octanol–water partition coefficient (Wildman–Crippen LogP) is 2.72. The van der Waals surface area contributed by atoms with Crippen molar-refractivity contribution in [3.05, 3.63) is 42.1 Å². The second-order valence-electron chi connectivity index (χ2n) is 3.97. The molecular weight excluding hydrogens is 273 g/mol. The molecular formula is C13H11F3N2O2. The fourth-order valence-electron chi connectivity index (χ4n) is 1.68. The molecule has 0 spiro atoms. The quantitative estimate of drug-likeness (QED) is 0.909. The first kappa shape index (κ1) is 14.1. The first-order valence-corrected chi connectivity index (χ1v) is 5.61. The van der Waals surface area contributed by atoms with Gasteiger partial charge in [-0.15, -0.1) is 13.2 Å². The first-order valence-electron chi connectivity index (χ1n) is 5.61. The molecule has 7 heteroatoms. The Morgan fingerprint density at radius 1 is 1.25 bits per heavy atom. The lowest BCUT2D eigenvalue weighted by molar-refractivity contribution is -0.274. The topological polar surface area (TPSA) is 68.4 Å². The maximum Gasteiger partial charge on any atom is 0.573 e. The lowest BCUT2D eigenvalue weighted by atomic mass is 10.1. The number of rotatable bonds is 3. The van der Waals surface area contributed by atoms with Crippen LogP contribution in [0.15, 0.2) is 36.5 Å². The van der Waals surface area contributed by atoms with Crippen molar-refractivity contribution in [1.82, 2.24) is 4.98 Å². The van der Waals surface area contributed by atoms with Crippen LogP contribution >= 0.6 is 0 Å². The second kappa shape index (κ2) is 5.38. The molecule has 0 aliphatic rings. The minimum atomic E-state index is -4.79. The summed E-state index contributed by atoms with van der Waals surface area (Å²) >= 11 is 0. The van der Waals surface area contributed by atoms with E-state index < -0.39 is 6.36 Å². The van der Waals surface area contributed by atoms with Crippen LogP contribution in [0.3, 0.4) is 0 Å². The van der Waals surface area contributed by atoms with Gasteiger partial charge < -0.3 is 15.6 Å². The van der Waals surface area contributed by atoms with Crippen molar-refractivity contribution >= 4 is 5.69 Å². The molecule has 0 amide bonds. The summed E-state index contributed by atoms with van der Waals surface area (Å²) in [5.74, 6) is -0.360. The molecule has 1 aromatic carbocycles. The fraction of sp³-hybridized carbons (Fsp3) is 0.154. The van der Waals surface area contributed by atoms with Gasteiger partial charge in [-0.05, 0) is 18.2 Å². The number of hydrogen-bond donors (Lipinski definition) is 2. The third-order valence-corrected chi connectivity index (χ3v) is 2.58. The lowest BCUT2D eigenvalue weighted by Gasteiger charge is -2.13. The summed E-state index contributed by atoms with van der Waals surface area (Å²) < 4.78 is 41.0. The number of aliphatic hydroxyl groups is 1. The van der Waals surface area contributed by atoms with Crippen molar-refractivity contribution in [2.24, 2.45) is 0 Å². The molecule has 106 valence electrons. The Bertz CT molecular complexity index is 615. The SMILES string of the molecule is Nc1cnc(-c2ccccc2OC(F)(F)F)cc1CO. The largest absolute Gasteiger partial charge is 0.573 e. The van der Waals surface area contributed by atoms with E-state index in [1.165, 1.54) is 30.5 Å². The normalized spacial score (nSPS) is 11.4. The molecule has 4 nitrogen and oxygen atoms in total. The summed E-state index contributed by atoms with van der Waals surface area (Å²) in [6.45, 7) is -0.330. The number of nitrogens with two attached hydrogens (primary N) is 1. The molecule has 0 radical (unpaired) electrons. The maximum atomic E-state index is 12.3. The molecule has 20 heavy (non-hydrogen) atoms. The van der Waals surface area contributed by atoms with Gasteiger partial charge in [0.2, 0.25) is 0 Å². The number of alkyl halides is 3. The van der Waals surface area contributed by atoms with Gasteiger partial charge in [0, 0.05) is 11.1 Å². The standard InChI is InChI=1S/C13H11F3N2O2/c14-13(15,16)20-12-4-2-1-3-9(12)11-5-8(7-19)10(17)6-18-11/h1-6,19H,7,17H2. The Morgan fingerprint density at radius 3 is 2.60 bits per heavy atom. The van der Waals surface area contributed by atoms with E-state index in [1.54, 1.807) is 6.07 Å². The number of ether oxygens (including phenoxy) is 1. The molecule has 0 fully saturated rings. The number of nitrogens with zero attached hydrogens (tertiary/aromatic N) is 1. The number of para-hydroxylation sites is 1. The number of pyridine rings is 1. The van der Waals surface area contributed by atoms with Crippen LogP contribution in [-0.2, 0) is 6.61 Å². The Hall–Kier alpha value is -2.28. The predicted molar refractivity (Wildman–Crippen MR) is 66.7 cm³/mol. The van der Waals surface area contributed by atoms with Crippen LogP contribution < -0.4 is 10.5 Å². The van der Waals surface area contributed by atoms with Crippen LogP contribution in [0.2, 0.25) is 0 Å². The molecule has 2 aromatic rings. The van der Waals surface area contributed by atoms with Crippen molar-refractivity contribution in [3.63, 3.8) is 0 Å². The van der Waals surface area contributed by atoms with Crippen LogP contribution in [0, 0.1) is 0 Å². The highest BCUT2D eigenvalue weighted by Gasteiger charge is 2.32. The van der Waals surface area contributed by atoms with Gasteiger partial charge in [0.05, 0.1) is 24.2 Å². The number of hydrogen-bond acceptors (Lipinski definition) is 4. The number of anilines is 1. The third kappa shape index (κ3) is 3.18. The molecule has 0 bridgehead atoms. The molecule has 0 saturated heterocycles. The second-order valence-corrected chi connectivity index (χ2v) is 3.97. The Labute approximate surface area is 112 Å². The summed E-state index contributed by atoms with van der Waals surface area (Å²) in [5, 5.41) is 9.13. The van der Waals surface area contributed by atoms with E-state index in [-0.39, 0.29) is 29.3 Å². The monoisotopic (exact) mass is 284 g/mol. The van der Waals surface area contributed by atoms with Crippen molar-refractivity contribution in [2.75, 3.05) is 5.73 Å². The van der Waals surface area contributed by atoms with E-state index in [9.17, 15) is 13.2 Å². The maximum absolute atomic E-state index is 12.3. The summed E-state index contributed by atoms with van der Waals surface area (Å²) in [4.78, 5) is 3.96. The number of nitrogen functional groups attached to an aromatic ring is 1. The summed E-state index contributed by atoms with van der Waals surface area (Å²) in [7, 11) is 0. The van der Waals surface area contributed by atoms with E-state index in [2.05, 4.69) is 9.72 Å². The number of halogens is 3. The minimum absolute atomic E-state index is 0.166. The Balaban J connectivity index is 2.47. The van der Waals surface area contributed by atoms with Gasteiger partial charge in [0.25, 0.3) is 0 Å². The van der Waals surface area contributed by atoms with E-state index in [0.29, 0.717) is 5.56 Å². The zero-order chi connectivity index (χ0) is 14.8. The third-order valence-electron chi connectivity index (χ3n) is 2.58. The van der Waals surface area contributed by atoms with Crippen LogP contribution in [0.1, 0.15) is 5.56 Å².